The fraction of sp³-hybridized carbons (Fsp3) is 0.861. The highest BCUT2D eigenvalue weighted by Gasteiger charge is 2.48. The zero-order valence-electron chi connectivity index (χ0n) is 70.9. The third kappa shape index (κ3) is 44.0. The summed E-state index contributed by atoms with van der Waals surface area (Å²) in [7, 11) is 0. The molecule has 18 atom stereocenters. The van der Waals surface area contributed by atoms with Gasteiger partial charge in [0.1, 0.15) is 84.7 Å². The lowest BCUT2D eigenvalue weighted by Gasteiger charge is -2.42. The van der Waals surface area contributed by atoms with Gasteiger partial charge in [0.05, 0.1) is 78.3 Å². The molecule has 43 nitrogen and oxygen atoms in total. The summed E-state index contributed by atoms with van der Waals surface area (Å²) in [5.74, 6) is -3.91. The molecule has 4 rings (SSSR count). The van der Waals surface area contributed by atoms with Gasteiger partial charge in [-0.1, -0.05) is 38.5 Å². The number of aliphatic hydroxyl groups is 11. The van der Waals surface area contributed by atoms with Gasteiger partial charge < -0.3 is 162 Å². The van der Waals surface area contributed by atoms with E-state index in [4.69, 9.17) is 47.4 Å². The molecular weight excluding hydrogens is 1610 g/mol. The lowest BCUT2D eigenvalue weighted by molar-refractivity contribution is -0.270. The van der Waals surface area contributed by atoms with Gasteiger partial charge in [-0.05, 0) is 70.6 Å². The molecule has 4 aliphatic heterocycles. The molecule has 4 fully saturated rings. The van der Waals surface area contributed by atoms with E-state index in [1.165, 1.54) is 20.8 Å². The molecule has 122 heavy (non-hydrogen) atoms. The van der Waals surface area contributed by atoms with Crippen LogP contribution in [0.3, 0.4) is 0 Å². The molecule has 704 valence electrons. The summed E-state index contributed by atoms with van der Waals surface area (Å²) in [5.41, 5.74) is -1.44. The summed E-state index contributed by atoms with van der Waals surface area (Å²) >= 11 is 0. The second-order valence-electron chi connectivity index (χ2n) is 31.1. The molecule has 17 unspecified atom stereocenters. The molecule has 0 aliphatic carbocycles. The monoisotopic (exact) mass is 1760 g/mol. The number of nitrogens with one attached hydrogen (secondary N) is 11. The number of ether oxygens (including phenoxy) is 10. The number of aliphatic hydroxyl groups excluding tert-OH is 11. The van der Waals surface area contributed by atoms with Crippen LogP contribution >= 0.6 is 0 Å². The Morgan fingerprint density at radius 3 is 0.869 bits per heavy atom. The number of hydrogen-bond donors (Lipinski definition) is 22. The molecule has 0 spiro atoms. The summed E-state index contributed by atoms with van der Waals surface area (Å²) in [4.78, 5) is 139. The average molecular weight is 1760 g/mol. The average Bonchev–Trinajstić information content (AvgIpc) is 0.862. The number of unbranched alkanes of at least 4 members (excludes halogenated alkanes) is 10. The molecule has 0 aromatic carbocycles. The number of hydrogen-bond acceptors (Lipinski definition) is 32. The first-order valence-electron chi connectivity index (χ1n) is 42.9. The molecule has 0 radical (unpaired) electrons. The van der Waals surface area contributed by atoms with Crippen LogP contribution in [0.1, 0.15) is 188 Å². The van der Waals surface area contributed by atoms with Crippen molar-refractivity contribution in [1.29, 1.82) is 0 Å². The SMILES string of the molecule is CC(=O)NC1C(OCCCCC(=O)NCCCNC(=O)CCOCC(COCCC(=O)NCCCNC(=O)CCCCOC2OC(CO)C(O)C(O)C2NC(C)=O)(COCCC(=O)NCCCNC(=O)CCCCOC2O[C@H](CO)C(O)C(O)C2NC(C)=O)NC(=O)CCCCCCCCCCC(=O)NCC2CC(O)C(CO)O2)OC(CO)C(O)C1O. The number of amides is 11. The Balaban J connectivity index is 1.29. The van der Waals surface area contributed by atoms with Crippen LogP contribution in [0.2, 0.25) is 0 Å². The molecular formula is C79H141N11O32. The Morgan fingerprint density at radius 2 is 0.582 bits per heavy atom. The highest BCUT2D eigenvalue weighted by atomic mass is 16.7. The predicted molar refractivity (Wildman–Crippen MR) is 430 cm³/mol. The standard InChI is InChI=1S/C79H141N11O32/c1-50(95)87-67-73(110)70(107)56(44-92)120-76(67)116-35-15-12-22-59(99)80-29-18-32-83-63(103)26-38-113-47-79(90-66(106)25-11-9-7-5-4-6-8-10-21-62(102)86-42-53-41-54(98)55(43-91)119-53,48-114-39-27-64(104)84-33-19-30-81-60(100)23-13-16-36-117-77-68(88-51(2)96)74(111)71(108)57(45-93)121-77)49-115-40-28-65(105)85-34-20-31-82-61(101)24-14-17-37-118-78-69(89-52(3)97)75(112)72(109)58(46-94)122-78/h53-58,67-78,91-94,98,107-112H,4-49H2,1-3H3,(H,80,99)(H,81,100)(H,82,101)(H,83,103)(H,84,104)(H,85,105)(H,86,102)(H,87,95)(H,88,96)(H,89,97)(H,90,106)/t53?,54?,55?,56-,57?,58?,67?,68?,69?,70?,71?,72?,73?,74?,75?,76?,77?,78?,79?/m1/s1. The van der Waals surface area contributed by atoms with Crippen molar-refractivity contribution in [3.8, 4) is 0 Å². The summed E-state index contributed by atoms with van der Waals surface area (Å²) < 4.78 is 57.8. The topological polar surface area (TPSA) is 635 Å². The van der Waals surface area contributed by atoms with Crippen LogP contribution < -0.4 is 58.5 Å². The number of rotatable bonds is 66. The van der Waals surface area contributed by atoms with E-state index >= 15 is 0 Å². The lowest BCUT2D eigenvalue weighted by Crippen LogP contribution is -2.64. The van der Waals surface area contributed by atoms with Crippen molar-refractivity contribution < 1.29 is 156 Å². The smallest absolute Gasteiger partial charge is 0.222 e. The van der Waals surface area contributed by atoms with Crippen LogP contribution in [0.25, 0.3) is 0 Å². The number of carbonyl (C=O) groups excluding carboxylic acids is 11. The van der Waals surface area contributed by atoms with Crippen molar-refractivity contribution in [2.24, 2.45) is 0 Å². The highest BCUT2D eigenvalue weighted by Crippen LogP contribution is 2.27. The van der Waals surface area contributed by atoms with Gasteiger partial charge in [0.2, 0.25) is 65.0 Å². The van der Waals surface area contributed by atoms with Crippen LogP contribution in [-0.2, 0) is 100 Å². The summed E-state index contributed by atoms with van der Waals surface area (Å²) in [6.45, 7) is 2.16. The quantitative estimate of drug-likeness (QED) is 0.0252. The van der Waals surface area contributed by atoms with Crippen LogP contribution in [0.5, 0.6) is 0 Å². The molecule has 0 bridgehead atoms. The third-order valence-corrected chi connectivity index (χ3v) is 20.5. The van der Waals surface area contributed by atoms with Crippen LogP contribution in [0.4, 0.5) is 0 Å². The van der Waals surface area contributed by atoms with Crippen molar-refractivity contribution in [3.63, 3.8) is 0 Å². The highest BCUT2D eigenvalue weighted by molar-refractivity contribution is 5.79. The van der Waals surface area contributed by atoms with Crippen LogP contribution in [-0.4, -0.2) is 369 Å². The molecule has 22 N–H and O–H groups in total. The van der Waals surface area contributed by atoms with E-state index in [0.717, 1.165) is 38.5 Å². The maximum Gasteiger partial charge on any atom is 0.222 e. The minimum atomic E-state index is -1.47. The van der Waals surface area contributed by atoms with Gasteiger partial charge in [0, 0.05) is 144 Å². The van der Waals surface area contributed by atoms with E-state index in [9.17, 15) is 109 Å². The molecule has 0 aromatic heterocycles. The van der Waals surface area contributed by atoms with Gasteiger partial charge in [-0.25, -0.2) is 0 Å². The molecule has 0 saturated carbocycles. The predicted octanol–water partition coefficient (Wildman–Crippen LogP) is -6.15. The summed E-state index contributed by atoms with van der Waals surface area (Å²) in [5, 5.41) is 141. The molecule has 4 aliphatic rings. The van der Waals surface area contributed by atoms with Crippen molar-refractivity contribution in [3.05, 3.63) is 0 Å². The second kappa shape index (κ2) is 62.5. The summed E-state index contributed by atoms with van der Waals surface area (Å²) in [6, 6.07) is -3.30. The van der Waals surface area contributed by atoms with E-state index < -0.39 is 147 Å². The molecule has 4 saturated heterocycles. The van der Waals surface area contributed by atoms with Gasteiger partial charge in [-0.3, -0.25) is 52.7 Å². The van der Waals surface area contributed by atoms with Crippen molar-refractivity contribution in [2.75, 3.05) is 132 Å². The fourth-order valence-corrected chi connectivity index (χ4v) is 13.7. The Bertz CT molecular complexity index is 2790. The Labute approximate surface area is 712 Å². The van der Waals surface area contributed by atoms with E-state index in [1.807, 2.05) is 0 Å². The zero-order chi connectivity index (χ0) is 89.6. The first-order chi connectivity index (χ1) is 58.5. The van der Waals surface area contributed by atoms with Gasteiger partial charge in [0.25, 0.3) is 0 Å². The van der Waals surface area contributed by atoms with E-state index in [-0.39, 0.29) is 210 Å². The minimum absolute atomic E-state index is 0.0708. The maximum absolute atomic E-state index is 14.0. The molecule has 0 aromatic rings. The fourth-order valence-electron chi connectivity index (χ4n) is 13.7. The van der Waals surface area contributed by atoms with Gasteiger partial charge in [-0.15, -0.1) is 0 Å². The van der Waals surface area contributed by atoms with Crippen molar-refractivity contribution >= 4 is 65.0 Å². The van der Waals surface area contributed by atoms with Crippen LogP contribution in [0, 0.1) is 0 Å². The molecule has 4 heterocycles. The van der Waals surface area contributed by atoms with Crippen molar-refractivity contribution in [2.45, 2.75) is 303 Å². The third-order valence-electron chi connectivity index (χ3n) is 20.5. The van der Waals surface area contributed by atoms with Crippen LogP contribution in [0.15, 0.2) is 0 Å². The first kappa shape index (κ1) is 108. The first-order valence-corrected chi connectivity index (χ1v) is 42.9. The normalized spacial score (nSPS) is 25.6. The summed E-state index contributed by atoms with van der Waals surface area (Å²) in [6.07, 6.45) is -6.91. The van der Waals surface area contributed by atoms with Gasteiger partial charge in [-0.2, -0.15) is 0 Å². The maximum atomic E-state index is 14.0. The minimum Gasteiger partial charge on any atom is -0.394 e. The second-order valence-corrected chi connectivity index (χ2v) is 31.1. The van der Waals surface area contributed by atoms with E-state index in [2.05, 4.69) is 58.5 Å². The zero-order valence-corrected chi connectivity index (χ0v) is 70.9. The lowest BCUT2D eigenvalue weighted by atomic mass is 9.97. The van der Waals surface area contributed by atoms with E-state index in [1.54, 1.807) is 0 Å². The van der Waals surface area contributed by atoms with Gasteiger partial charge in [0.15, 0.2) is 18.9 Å². The van der Waals surface area contributed by atoms with Gasteiger partial charge >= 0.3 is 0 Å². The Hall–Kier alpha value is -6.67. The number of carbonyl (C=O) groups is 11. The Morgan fingerprint density at radius 1 is 0.311 bits per heavy atom. The Kier molecular flexibility index (Phi) is 55.1. The molecule has 11 amide bonds. The molecule has 43 heteroatoms. The van der Waals surface area contributed by atoms with E-state index in [0.29, 0.717) is 83.5 Å². The van der Waals surface area contributed by atoms with Crippen molar-refractivity contribution in [1.82, 2.24) is 58.5 Å². The largest absolute Gasteiger partial charge is 0.394 e.